The van der Waals surface area contributed by atoms with Gasteiger partial charge in [0.1, 0.15) is 0 Å². The molecule has 1 fully saturated rings. The second-order valence-corrected chi connectivity index (χ2v) is 8.14. The van der Waals surface area contributed by atoms with Gasteiger partial charge in [0.25, 0.3) is 5.91 Å². The molecule has 1 aliphatic heterocycles. The van der Waals surface area contributed by atoms with Gasteiger partial charge in [-0.15, -0.1) is 0 Å². The number of hydrogen-bond donors (Lipinski definition) is 2. The maximum Gasteiger partial charge on any atom is 0.251 e. The average molecular weight is 340 g/mol. The van der Waals surface area contributed by atoms with Crippen molar-refractivity contribution >= 4 is 15.9 Å². The molecule has 1 aromatic rings. The van der Waals surface area contributed by atoms with Gasteiger partial charge in [-0.05, 0) is 37.1 Å². The van der Waals surface area contributed by atoms with E-state index in [4.69, 9.17) is 0 Å². The number of nitrogens with zero attached hydrogens (tertiary/aromatic N) is 1. The van der Waals surface area contributed by atoms with Gasteiger partial charge in [-0.25, -0.2) is 8.42 Å². The highest BCUT2D eigenvalue weighted by Crippen LogP contribution is 2.20. The molecule has 7 heteroatoms. The van der Waals surface area contributed by atoms with E-state index < -0.39 is 10.0 Å². The Bertz CT molecular complexity index is 620. The van der Waals surface area contributed by atoms with Gasteiger partial charge >= 0.3 is 0 Å². The first-order valence-corrected chi connectivity index (χ1v) is 9.53. The minimum atomic E-state index is -3.43. The third kappa shape index (κ3) is 4.76. The largest absolute Gasteiger partial charge is 0.346 e. The van der Waals surface area contributed by atoms with Crippen molar-refractivity contribution in [2.75, 3.05) is 40.3 Å². The number of carbonyl (C=O) groups excluding carboxylic acids is 1. The minimum absolute atomic E-state index is 0.173. The highest BCUT2D eigenvalue weighted by atomic mass is 32.2. The number of nitrogens with one attached hydrogen (secondary N) is 2. The number of piperidine rings is 1. The molecule has 0 saturated carbocycles. The third-order valence-electron chi connectivity index (χ3n) is 3.98. The van der Waals surface area contributed by atoms with E-state index in [2.05, 4.69) is 5.32 Å². The van der Waals surface area contributed by atoms with Crippen LogP contribution in [0.1, 0.15) is 29.6 Å². The van der Waals surface area contributed by atoms with Gasteiger partial charge in [0, 0.05) is 18.7 Å². The first kappa shape index (κ1) is 17.9. The lowest BCUT2D eigenvalue weighted by Crippen LogP contribution is -3.06. The van der Waals surface area contributed by atoms with Crippen LogP contribution < -0.4 is 10.2 Å². The smallest absolute Gasteiger partial charge is 0.251 e. The number of sulfonamides is 1. The van der Waals surface area contributed by atoms with E-state index >= 15 is 0 Å². The monoisotopic (exact) mass is 340 g/mol. The zero-order valence-corrected chi connectivity index (χ0v) is 14.7. The highest BCUT2D eigenvalue weighted by Gasteiger charge is 2.25. The van der Waals surface area contributed by atoms with Crippen molar-refractivity contribution in [2.24, 2.45) is 0 Å². The van der Waals surface area contributed by atoms with Crippen LogP contribution in [0.2, 0.25) is 0 Å². The molecule has 2 N–H and O–H groups in total. The maximum atomic E-state index is 12.5. The molecule has 0 atom stereocenters. The van der Waals surface area contributed by atoms with Crippen LogP contribution in [0.5, 0.6) is 0 Å². The van der Waals surface area contributed by atoms with Crippen LogP contribution in [0.4, 0.5) is 0 Å². The predicted molar refractivity (Wildman–Crippen MR) is 89.1 cm³/mol. The second kappa shape index (κ2) is 7.90. The third-order valence-corrected chi connectivity index (χ3v) is 5.89. The Morgan fingerprint density at radius 3 is 2.30 bits per heavy atom. The lowest BCUT2D eigenvalue weighted by atomic mass is 10.2. The second-order valence-electron chi connectivity index (χ2n) is 6.20. The van der Waals surface area contributed by atoms with Crippen LogP contribution in [-0.4, -0.2) is 58.9 Å². The fourth-order valence-corrected chi connectivity index (χ4v) is 4.08. The van der Waals surface area contributed by atoms with E-state index in [-0.39, 0.29) is 10.8 Å². The molecule has 0 unspecified atom stereocenters. The van der Waals surface area contributed by atoms with Crippen LogP contribution in [0.15, 0.2) is 29.2 Å². The zero-order valence-electron chi connectivity index (χ0n) is 13.8. The number of carbonyl (C=O) groups is 1. The van der Waals surface area contributed by atoms with Gasteiger partial charge < -0.3 is 10.2 Å². The summed E-state index contributed by atoms with van der Waals surface area (Å²) in [5.41, 5.74) is 0.483. The molecule has 0 radical (unpaired) electrons. The van der Waals surface area contributed by atoms with Gasteiger partial charge in [-0.2, -0.15) is 4.31 Å². The topological polar surface area (TPSA) is 70.9 Å². The first-order valence-electron chi connectivity index (χ1n) is 8.09. The summed E-state index contributed by atoms with van der Waals surface area (Å²) in [4.78, 5) is 13.5. The van der Waals surface area contributed by atoms with Crippen molar-refractivity contribution in [3.63, 3.8) is 0 Å². The van der Waals surface area contributed by atoms with E-state index in [1.165, 1.54) is 21.3 Å². The molecule has 0 aliphatic carbocycles. The van der Waals surface area contributed by atoms with Crippen molar-refractivity contribution in [1.82, 2.24) is 9.62 Å². The number of benzene rings is 1. The van der Waals surface area contributed by atoms with Crippen LogP contribution >= 0.6 is 0 Å². The summed E-state index contributed by atoms with van der Waals surface area (Å²) in [5, 5.41) is 2.83. The molecule has 1 aromatic carbocycles. The summed E-state index contributed by atoms with van der Waals surface area (Å²) in [6.07, 6.45) is 2.90. The molecule has 23 heavy (non-hydrogen) atoms. The van der Waals surface area contributed by atoms with Crippen molar-refractivity contribution in [2.45, 2.75) is 24.2 Å². The zero-order chi connectivity index (χ0) is 16.9. The van der Waals surface area contributed by atoms with Crippen molar-refractivity contribution < 1.29 is 18.1 Å². The molecule has 0 spiro atoms. The van der Waals surface area contributed by atoms with E-state index in [1.54, 1.807) is 12.1 Å². The molecule has 0 bridgehead atoms. The molecule has 6 nitrogen and oxygen atoms in total. The first-order chi connectivity index (χ1) is 10.9. The van der Waals surface area contributed by atoms with Gasteiger partial charge in [0.05, 0.1) is 32.1 Å². The molecule has 0 aromatic heterocycles. The summed E-state index contributed by atoms with van der Waals surface area (Å²) in [6, 6.07) is 6.20. The normalized spacial score (nSPS) is 16.5. The number of likely N-dealkylation sites (N-methyl/N-ethyl adjacent to an activating group) is 1. The summed E-state index contributed by atoms with van der Waals surface area (Å²) in [7, 11) is 0.606. The molecule has 1 saturated heterocycles. The van der Waals surface area contributed by atoms with Crippen LogP contribution in [0.25, 0.3) is 0 Å². The SMILES string of the molecule is C[NH+](C)CCNC(=O)c1ccc(S(=O)(=O)N2CCCCC2)cc1. The standard InChI is InChI=1S/C16H25N3O3S/c1-18(2)13-10-17-16(20)14-6-8-15(9-7-14)23(21,22)19-11-4-3-5-12-19/h6-9H,3-5,10-13H2,1-2H3,(H,17,20)/p+1. The van der Waals surface area contributed by atoms with Gasteiger partial charge in [0.2, 0.25) is 10.0 Å². The van der Waals surface area contributed by atoms with E-state index in [1.807, 2.05) is 14.1 Å². The van der Waals surface area contributed by atoms with E-state index in [0.717, 1.165) is 25.8 Å². The minimum Gasteiger partial charge on any atom is -0.346 e. The Balaban J connectivity index is 2.02. The van der Waals surface area contributed by atoms with Gasteiger partial charge in [0.15, 0.2) is 0 Å². The molecule has 1 heterocycles. The van der Waals surface area contributed by atoms with Crippen LogP contribution in [-0.2, 0) is 10.0 Å². The number of rotatable bonds is 6. The quantitative estimate of drug-likeness (QED) is 0.749. The Morgan fingerprint density at radius 2 is 1.74 bits per heavy atom. The lowest BCUT2D eigenvalue weighted by molar-refractivity contribution is -0.856. The summed E-state index contributed by atoms with van der Waals surface area (Å²) < 4.78 is 26.6. The Kier molecular flexibility index (Phi) is 6.15. The molecular formula is C16H26N3O3S+. The summed E-state index contributed by atoms with van der Waals surface area (Å²) >= 11 is 0. The highest BCUT2D eigenvalue weighted by molar-refractivity contribution is 7.89. The Hall–Kier alpha value is -1.44. The van der Waals surface area contributed by atoms with E-state index in [9.17, 15) is 13.2 Å². The lowest BCUT2D eigenvalue weighted by Gasteiger charge is -2.25. The molecule has 128 valence electrons. The van der Waals surface area contributed by atoms with Crippen LogP contribution in [0, 0.1) is 0 Å². The fourth-order valence-electron chi connectivity index (χ4n) is 2.56. The van der Waals surface area contributed by atoms with E-state index in [0.29, 0.717) is 25.2 Å². The average Bonchev–Trinajstić information content (AvgIpc) is 2.55. The maximum absolute atomic E-state index is 12.5. The van der Waals surface area contributed by atoms with Crippen molar-refractivity contribution in [3.8, 4) is 0 Å². The molecule has 1 amide bonds. The molecule has 1 aliphatic rings. The number of hydrogen-bond acceptors (Lipinski definition) is 3. The summed E-state index contributed by atoms with van der Waals surface area (Å²) in [6.45, 7) is 2.59. The Morgan fingerprint density at radius 1 is 1.13 bits per heavy atom. The van der Waals surface area contributed by atoms with Crippen molar-refractivity contribution in [1.29, 1.82) is 0 Å². The number of amides is 1. The molecule has 2 rings (SSSR count). The summed E-state index contributed by atoms with van der Waals surface area (Å²) in [5.74, 6) is -0.173. The number of quaternary nitrogens is 1. The van der Waals surface area contributed by atoms with Crippen molar-refractivity contribution in [3.05, 3.63) is 29.8 Å². The molecular weight excluding hydrogens is 314 g/mol. The fraction of sp³-hybridized carbons (Fsp3) is 0.562. The van der Waals surface area contributed by atoms with Gasteiger partial charge in [-0.1, -0.05) is 6.42 Å². The Labute approximate surface area is 138 Å². The van der Waals surface area contributed by atoms with Gasteiger partial charge in [-0.3, -0.25) is 4.79 Å². The van der Waals surface area contributed by atoms with Crippen LogP contribution in [0.3, 0.4) is 0 Å². The predicted octanol–water partition coefficient (Wildman–Crippen LogP) is -0.264.